The number of phenols is 1. The second kappa shape index (κ2) is 3.01. The van der Waals surface area contributed by atoms with Gasteiger partial charge in [0.05, 0.1) is 11.3 Å². The van der Waals surface area contributed by atoms with E-state index in [0.29, 0.717) is 0 Å². The number of halogens is 2. The molecular weight excluding hydrogens is 180 g/mol. The van der Waals surface area contributed by atoms with E-state index in [2.05, 4.69) is 0 Å². The minimum Gasteiger partial charge on any atom is -0.503 e. The molecule has 0 saturated carbocycles. The van der Waals surface area contributed by atoms with Gasteiger partial charge in [-0.1, -0.05) is 0 Å². The Bertz CT molecular complexity index is 377. The van der Waals surface area contributed by atoms with Crippen LogP contribution in [0, 0.1) is 11.6 Å². The minimum atomic E-state index is -1.50. The van der Waals surface area contributed by atoms with E-state index in [9.17, 15) is 13.6 Å². The molecule has 0 aliphatic carbocycles. The Balaban J connectivity index is 3.50. The molecule has 0 fully saturated rings. The number of hydrogen-bond acceptors (Lipinski definition) is 3. The maximum absolute atomic E-state index is 12.9. The molecule has 1 aromatic carbocycles. The van der Waals surface area contributed by atoms with E-state index >= 15 is 0 Å². The minimum absolute atomic E-state index is 0.357. The number of benzene rings is 1. The molecule has 0 aromatic heterocycles. The normalized spacial score (nSPS) is 10.1. The summed E-state index contributed by atoms with van der Waals surface area (Å²) < 4.78 is 25.6. The molecule has 0 saturated heterocycles. The Labute approximate surface area is 72.8 Å². The first-order chi connectivity index (χ1) is 5.95. The van der Waals surface area contributed by atoms with Crippen molar-refractivity contribution in [2.24, 2.45) is 0 Å². The lowest BCUT2D eigenvalue weighted by molar-refractivity contribution is 0.101. The molecule has 0 aliphatic rings. The van der Waals surface area contributed by atoms with Crippen LogP contribution in [0.25, 0.3) is 0 Å². The standard InChI is InChI=1S/C8H7F2NO2/c1-3(12)4-2-5(11)8(13)7(10)6(4)9/h2,13H,11H2,1H3. The van der Waals surface area contributed by atoms with Crippen LogP contribution in [0.1, 0.15) is 17.3 Å². The van der Waals surface area contributed by atoms with Crippen molar-refractivity contribution in [1.82, 2.24) is 0 Å². The third-order valence-corrected chi connectivity index (χ3v) is 1.59. The van der Waals surface area contributed by atoms with Crippen LogP contribution >= 0.6 is 0 Å². The topological polar surface area (TPSA) is 63.3 Å². The summed E-state index contributed by atoms with van der Waals surface area (Å²) in [7, 11) is 0. The molecule has 70 valence electrons. The zero-order valence-electron chi connectivity index (χ0n) is 6.77. The highest BCUT2D eigenvalue weighted by Gasteiger charge is 2.18. The summed E-state index contributed by atoms with van der Waals surface area (Å²) in [6.07, 6.45) is 0. The number of aromatic hydroxyl groups is 1. The Morgan fingerprint density at radius 1 is 1.46 bits per heavy atom. The Kier molecular flexibility index (Phi) is 2.18. The molecule has 0 spiro atoms. The number of carbonyl (C=O) groups excluding carboxylic acids is 1. The summed E-state index contributed by atoms with van der Waals surface area (Å²) in [5.41, 5.74) is 4.30. The Hall–Kier alpha value is -1.65. The lowest BCUT2D eigenvalue weighted by Crippen LogP contribution is -2.02. The molecule has 3 nitrogen and oxygen atoms in total. The summed E-state index contributed by atoms with van der Waals surface area (Å²) in [4.78, 5) is 10.7. The number of phenolic OH excluding ortho intramolecular Hbond substituents is 1. The van der Waals surface area contributed by atoms with Crippen molar-refractivity contribution in [3.63, 3.8) is 0 Å². The molecule has 0 unspecified atom stereocenters. The number of ketones is 1. The summed E-state index contributed by atoms with van der Waals surface area (Å²) >= 11 is 0. The molecule has 0 radical (unpaired) electrons. The number of Topliss-reactive ketones (excluding diaryl/α,β-unsaturated/α-hetero) is 1. The van der Waals surface area contributed by atoms with Crippen LogP contribution in [0.2, 0.25) is 0 Å². The van der Waals surface area contributed by atoms with Gasteiger partial charge >= 0.3 is 0 Å². The number of anilines is 1. The quantitative estimate of drug-likeness (QED) is 0.397. The number of rotatable bonds is 1. The molecule has 5 heteroatoms. The van der Waals surface area contributed by atoms with E-state index < -0.39 is 28.7 Å². The van der Waals surface area contributed by atoms with Gasteiger partial charge in [0.1, 0.15) is 0 Å². The van der Waals surface area contributed by atoms with Crippen LogP contribution < -0.4 is 5.73 Å². The van der Waals surface area contributed by atoms with Crippen molar-refractivity contribution in [3.05, 3.63) is 23.3 Å². The van der Waals surface area contributed by atoms with Crippen molar-refractivity contribution in [1.29, 1.82) is 0 Å². The molecule has 0 heterocycles. The monoisotopic (exact) mass is 187 g/mol. The molecule has 0 atom stereocenters. The van der Waals surface area contributed by atoms with E-state index in [1.807, 2.05) is 0 Å². The predicted molar refractivity (Wildman–Crippen MR) is 42.4 cm³/mol. The van der Waals surface area contributed by atoms with Crippen LogP contribution in [0.4, 0.5) is 14.5 Å². The highest BCUT2D eigenvalue weighted by Crippen LogP contribution is 2.28. The molecule has 13 heavy (non-hydrogen) atoms. The summed E-state index contributed by atoms with van der Waals surface area (Å²) in [5, 5.41) is 8.84. The van der Waals surface area contributed by atoms with Crippen LogP contribution in [0.15, 0.2) is 6.07 Å². The van der Waals surface area contributed by atoms with Crippen molar-refractivity contribution in [2.75, 3.05) is 5.73 Å². The van der Waals surface area contributed by atoms with Gasteiger partial charge < -0.3 is 10.8 Å². The zero-order valence-corrected chi connectivity index (χ0v) is 6.77. The van der Waals surface area contributed by atoms with Gasteiger partial charge in [-0.2, -0.15) is 4.39 Å². The number of nitrogens with two attached hydrogens (primary N) is 1. The fourth-order valence-corrected chi connectivity index (χ4v) is 0.892. The van der Waals surface area contributed by atoms with E-state index in [1.165, 1.54) is 0 Å². The van der Waals surface area contributed by atoms with Crippen molar-refractivity contribution in [3.8, 4) is 5.75 Å². The Morgan fingerprint density at radius 3 is 2.46 bits per heavy atom. The zero-order chi connectivity index (χ0) is 10.2. The average Bonchev–Trinajstić information content (AvgIpc) is 2.07. The molecule has 0 aliphatic heterocycles. The van der Waals surface area contributed by atoms with E-state index in [0.717, 1.165) is 13.0 Å². The first kappa shape index (κ1) is 9.44. The number of carbonyl (C=O) groups is 1. The van der Waals surface area contributed by atoms with E-state index in [-0.39, 0.29) is 5.69 Å². The smallest absolute Gasteiger partial charge is 0.203 e. The van der Waals surface area contributed by atoms with Crippen molar-refractivity contribution < 1.29 is 18.7 Å². The Morgan fingerprint density at radius 2 is 2.00 bits per heavy atom. The van der Waals surface area contributed by atoms with Crippen LogP contribution in [-0.4, -0.2) is 10.9 Å². The summed E-state index contributed by atoms with van der Waals surface area (Å²) in [6, 6.07) is 0.899. The van der Waals surface area contributed by atoms with Crippen molar-refractivity contribution >= 4 is 11.5 Å². The molecule has 0 amide bonds. The average molecular weight is 187 g/mol. The fraction of sp³-hybridized carbons (Fsp3) is 0.125. The van der Waals surface area contributed by atoms with E-state index in [4.69, 9.17) is 10.8 Å². The lowest BCUT2D eigenvalue weighted by Gasteiger charge is -2.04. The summed E-state index contributed by atoms with van der Waals surface area (Å²) in [6.45, 7) is 1.08. The van der Waals surface area contributed by atoms with Gasteiger partial charge in [-0.05, 0) is 13.0 Å². The molecule has 1 rings (SSSR count). The van der Waals surface area contributed by atoms with Crippen LogP contribution in [-0.2, 0) is 0 Å². The SMILES string of the molecule is CC(=O)c1cc(N)c(O)c(F)c1F. The molecule has 1 aromatic rings. The van der Waals surface area contributed by atoms with E-state index in [1.54, 1.807) is 0 Å². The van der Waals surface area contributed by atoms with Crippen LogP contribution in [0.5, 0.6) is 5.75 Å². The number of hydrogen-bond donors (Lipinski definition) is 2. The third kappa shape index (κ3) is 1.44. The first-order valence-corrected chi connectivity index (χ1v) is 3.42. The second-order valence-corrected chi connectivity index (χ2v) is 2.55. The highest BCUT2D eigenvalue weighted by molar-refractivity contribution is 5.95. The fourth-order valence-electron chi connectivity index (χ4n) is 0.892. The van der Waals surface area contributed by atoms with Gasteiger partial charge in [0.15, 0.2) is 17.3 Å². The lowest BCUT2D eigenvalue weighted by atomic mass is 10.1. The highest BCUT2D eigenvalue weighted by atomic mass is 19.2. The van der Waals surface area contributed by atoms with Gasteiger partial charge in [-0.15, -0.1) is 0 Å². The van der Waals surface area contributed by atoms with Gasteiger partial charge in [0, 0.05) is 0 Å². The van der Waals surface area contributed by atoms with Crippen LogP contribution in [0.3, 0.4) is 0 Å². The van der Waals surface area contributed by atoms with Gasteiger partial charge in [0.25, 0.3) is 0 Å². The second-order valence-electron chi connectivity index (χ2n) is 2.55. The summed E-state index contributed by atoms with van der Waals surface area (Å²) in [5.74, 6) is -4.49. The van der Waals surface area contributed by atoms with Crippen molar-refractivity contribution in [2.45, 2.75) is 6.92 Å². The molecule has 3 N–H and O–H groups in total. The third-order valence-electron chi connectivity index (χ3n) is 1.59. The number of nitrogen functional groups attached to an aromatic ring is 1. The predicted octanol–water partition coefficient (Wildman–Crippen LogP) is 1.46. The van der Waals surface area contributed by atoms with Gasteiger partial charge in [-0.3, -0.25) is 4.79 Å². The van der Waals surface area contributed by atoms with Gasteiger partial charge in [0.2, 0.25) is 5.82 Å². The largest absolute Gasteiger partial charge is 0.503 e. The van der Waals surface area contributed by atoms with Gasteiger partial charge in [-0.25, -0.2) is 4.39 Å². The maximum atomic E-state index is 12.9. The maximum Gasteiger partial charge on any atom is 0.203 e. The first-order valence-electron chi connectivity index (χ1n) is 3.42. The molecule has 0 bridgehead atoms. The molecular formula is C8H7F2NO2.